The maximum atomic E-state index is 11.2. The number of carbonyl (C=O) groups is 1. The molecule has 1 aromatic rings. The fourth-order valence-electron chi connectivity index (χ4n) is 1.85. The molecule has 0 atom stereocenters. The van der Waals surface area contributed by atoms with Crippen molar-refractivity contribution in [2.75, 3.05) is 25.1 Å². The summed E-state index contributed by atoms with van der Waals surface area (Å²) in [6.07, 6.45) is 0.550. The first-order chi connectivity index (χ1) is 8.28. The Morgan fingerprint density at radius 3 is 3.18 bits per heavy atom. The number of hydrazine groups is 1. The van der Waals surface area contributed by atoms with Crippen molar-refractivity contribution in [2.24, 2.45) is 5.84 Å². The summed E-state index contributed by atoms with van der Waals surface area (Å²) in [7, 11) is 0. The smallest absolute Gasteiger partial charge is 0.221 e. The van der Waals surface area contributed by atoms with E-state index < -0.39 is 0 Å². The van der Waals surface area contributed by atoms with Crippen LogP contribution < -0.4 is 16.6 Å². The van der Waals surface area contributed by atoms with E-state index in [-0.39, 0.29) is 5.91 Å². The van der Waals surface area contributed by atoms with Crippen LogP contribution in [0, 0.1) is 0 Å². The predicted octanol–water partition coefficient (Wildman–Crippen LogP) is -0.311. The van der Waals surface area contributed by atoms with Gasteiger partial charge in [0, 0.05) is 32.6 Å². The minimum Gasteiger partial charge on any atom is -0.355 e. The molecule has 0 unspecified atom stereocenters. The number of nitrogens with two attached hydrogens (primary N) is 1. The van der Waals surface area contributed by atoms with Gasteiger partial charge in [-0.25, -0.2) is 10.8 Å². The van der Waals surface area contributed by atoms with Gasteiger partial charge in [-0.2, -0.15) is 0 Å². The molecule has 1 saturated heterocycles. The van der Waals surface area contributed by atoms with Gasteiger partial charge < -0.3 is 10.7 Å². The molecule has 2 rings (SSSR count). The molecule has 0 saturated carbocycles. The Labute approximate surface area is 100 Å². The molecule has 1 aliphatic heterocycles. The molecule has 6 nitrogen and oxygen atoms in total. The molecule has 1 amide bonds. The Morgan fingerprint density at radius 2 is 2.35 bits per heavy atom. The lowest BCUT2D eigenvalue weighted by Gasteiger charge is -2.18. The number of amides is 1. The van der Waals surface area contributed by atoms with E-state index in [1.54, 1.807) is 0 Å². The molecule has 17 heavy (non-hydrogen) atoms. The summed E-state index contributed by atoms with van der Waals surface area (Å²) in [4.78, 5) is 17.8. The van der Waals surface area contributed by atoms with Crippen molar-refractivity contribution in [3.8, 4) is 0 Å². The second-order valence-electron chi connectivity index (χ2n) is 4.03. The highest BCUT2D eigenvalue weighted by Crippen LogP contribution is 2.07. The molecular formula is C11H17N5O. The summed E-state index contributed by atoms with van der Waals surface area (Å²) in [5.74, 6) is 6.10. The number of hydrogen-bond donors (Lipinski definition) is 3. The second-order valence-corrected chi connectivity index (χ2v) is 4.03. The van der Waals surface area contributed by atoms with E-state index in [9.17, 15) is 4.79 Å². The molecule has 0 aliphatic carbocycles. The zero-order chi connectivity index (χ0) is 12.1. The van der Waals surface area contributed by atoms with Gasteiger partial charge in [0.25, 0.3) is 0 Å². The van der Waals surface area contributed by atoms with Crippen LogP contribution in [0.3, 0.4) is 0 Å². The number of rotatable bonds is 3. The first-order valence-corrected chi connectivity index (χ1v) is 5.69. The quantitative estimate of drug-likeness (QED) is 0.494. The Bertz CT molecular complexity index is 395. The monoisotopic (exact) mass is 235 g/mol. The van der Waals surface area contributed by atoms with Crippen molar-refractivity contribution >= 4 is 11.7 Å². The topological polar surface area (TPSA) is 83.3 Å². The SMILES string of the molecule is NNc1cccc(CN2CCNC(=O)CC2)n1. The van der Waals surface area contributed by atoms with E-state index >= 15 is 0 Å². The van der Waals surface area contributed by atoms with Gasteiger partial charge in [-0.3, -0.25) is 9.69 Å². The molecule has 0 spiro atoms. The van der Waals surface area contributed by atoms with Crippen molar-refractivity contribution in [3.05, 3.63) is 23.9 Å². The number of nitrogens with zero attached hydrogens (tertiary/aromatic N) is 2. The zero-order valence-electron chi connectivity index (χ0n) is 9.65. The summed E-state index contributed by atoms with van der Waals surface area (Å²) in [6.45, 7) is 3.07. The molecule has 1 aromatic heterocycles. The second kappa shape index (κ2) is 5.60. The summed E-state index contributed by atoms with van der Waals surface area (Å²) in [5.41, 5.74) is 3.48. The standard InChI is InChI=1S/C11H17N5O/c12-15-10-3-1-2-9(14-10)8-16-6-4-11(17)13-5-7-16/h1-3H,4-8,12H2,(H,13,17)(H,14,15). The van der Waals surface area contributed by atoms with E-state index in [0.717, 1.165) is 25.3 Å². The molecule has 0 bridgehead atoms. The lowest BCUT2D eigenvalue weighted by atomic mass is 10.3. The van der Waals surface area contributed by atoms with Crippen molar-refractivity contribution in [1.29, 1.82) is 0 Å². The predicted molar refractivity (Wildman–Crippen MR) is 65.0 cm³/mol. The highest BCUT2D eigenvalue weighted by atomic mass is 16.1. The number of hydrogen-bond acceptors (Lipinski definition) is 5. The van der Waals surface area contributed by atoms with Gasteiger partial charge in [0.15, 0.2) is 0 Å². The number of pyridine rings is 1. The Morgan fingerprint density at radius 1 is 1.47 bits per heavy atom. The van der Waals surface area contributed by atoms with Crippen molar-refractivity contribution in [2.45, 2.75) is 13.0 Å². The van der Waals surface area contributed by atoms with Gasteiger partial charge in [-0.15, -0.1) is 0 Å². The van der Waals surface area contributed by atoms with Crippen LogP contribution in [-0.4, -0.2) is 35.4 Å². The maximum absolute atomic E-state index is 11.2. The first-order valence-electron chi connectivity index (χ1n) is 5.69. The molecule has 1 aliphatic rings. The number of nitrogens with one attached hydrogen (secondary N) is 2. The molecular weight excluding hydrogens is 218 g/mol. The largest absolute Gasteiger partial charge is 0.355 e. The molecule has 4 N–H and O–H groups in total. The molecule has 0 radical (unpaired) electrons. The summed E-state index contributed by atoms with van der Waals surface area (Å²) in [6, 6.07) is 5.69. The molecule has 2 heterocycles. The van der Waals surface area contributed by atoms with Crippen LogP contribution in [0.1, 0.15) is 12.1 Å². The zero-order valence-corrected chi connectivity index (χ0v) is 9.65. The lowest BCUT2D eigenvalue weighted by Crippen LogP contribution is -2.28. The Balaban J connectivity index is 1.97. The summed E-state index contributed by atoms with van der Waals surface area (Å²) in [5, 5.41) is 2.85. The Kier molecular flexibility index (Phi) is 3.89. The fourth-order valence-corrected chi connectivity index (χ4v) is 1.85. The van der Waals surface area contributed by atoms with Crippen LogP contribution in [0.25, 0.3) is 0 Å². The van der Waals surface area contributed by atoms with Crippen LogP contribution in [0.15, 0.2) is 18.2 Å². The normalized spacial score (nSPS) is 17.4. The van der Waals surface area contributed by atoms with Gasteiger partial charge in [-0.1, -0.05) is 6.07 Å². The van der Waals surface area contributed by atoms with Gasteiger partial charge in [0.1, 0.15) is 5.82 Å². The molecule has 1 fully saturated rings. The minimum absolute atomic E-state index is 0.123. The van der Waals surface area contributed by atoms with E-state index in [1.807, 2.05) is 18.2 Å². The summed E-state index contributed by atoms with van der Waals surface area (Å²) < 4.78 is 0. The number of anilines is 1. The van der Waals surface area contributed by atoms with Crippen molar-refractivity contribution < 1.29 is 4.79 Å². The van der Waals surface area contributed by atoms with Crippen molar-refractivity contribution in [3.63, 3.8) is 0 Å². The highest BCUT2D eigenvalue weighted by Gasteiger charge is 2.13. The van der Waals surface area contributed by atoms with Crippen LogP contribution in [0.4, 0.5) is 5.82 Å². The van der Waals surface area contributed by atoms with Gasteiger partial charge in [0.2, 0.25) is 5.91 Å². The minimum atomic E-state index is 0.123. The Hall–Kier alpha value is -1.66. The fraction of sp³-hybridized carbons (Fsp3) is 0.455. The number of carbonyl (C=O) groups excluding carboxylic acids is 1. The van der Waals surface area contributed by atoms with Gasteiger partial charge in [-0.05, 0) is 12.1 Å². The number of aromatic nitrogens is 1. The van der Waals surface area contributed by atoms with Crippen LogP contribution in [0.2, 0.25) is 0 Å². The average molecular weight is 235 g/mol. The van der Waals surface area contributed by atoms with Gasteiger partial charge in [0.05, 0.1) is 5.69 Å². The van der Waals surface area contributed by atoms with E-state index in [0.29, 0.717) is 18.8 Å². The van der Waals surface area contributed by atoms with E-state index in [2.05, 4.69) is 20.6 Å². The molecule has 92 valence electrons. The number of nitrogen functional groups attached to an aromatic ring is 1. The average Bonchev–Trinajstić information content (AvgIpc) is 2.55. The third kappa shape index (κ3) is 3.40. The summed E-state index contributed by atoms with van der Waals surface area (Å²) >= 11 is 0. The first kappa shape index (κ1) is 11.8. The van der Waals surface area contributed by atoms with Crippen molar-refractivity contribution in [1.82, 2.24) is 15.2 Å². The third-order valence-corrected chi connectivity index (χ3v) is 2.75. The van der Waals surface area contributed by atoms with Gasteiger partial charge >= 0.3 is 0 Å². The van der Waals surface area contributed by atoms with Crippen LogP contribution >= 0.6 is 0 Å². The third-order valence-electron chi connectivity index (χ3n) is 2.75. The highest BCUT2D eigenvalue weighted by molar-refractivity contribution is 5.76. The van der Waals surface area contributed by atoms with E-state index in [1.165, 1.54) is 0 Å². The van der Waals surface area contributed by atoms with Crippen LogP contribution in [0.5, 0.6) is 0 Å². The van der Waals surface area contributed by atoms with Crippen LogP contribution in [-0.2, 0) is 11.3 Å². The maximum Gasteiger partial charge on any atom is 0.221 e. The lowest BCUT2D eigenvalue weighted by molar-refractivity contribution is -0.120. The van der Waals surface area contributed by atoms with E-state index in [4.69, 9.17) is 5.84 Å². The molecule has 0 aromatic carbocycles. The molecule has 6 heteroatoms.